The third-order valence-corrected chi connectivity index (χ3v) is 3.55. The minimum atomic E-state index is -0.461. The van der Waals surface area contributed by atoms with Crippen LogP contribution in [0.4, 0.5) is 0 Å². The maximum absolute atomic E-state index is 9.52. The van der Waals surface area contributed by atoms with Crippen molar-refractivity contribution in [1.82, 2.24) is 0 Å². The van der Waals surface area contributed by atoms with Crippen LogP contribution in [0, 0.1) is 0 Å². The molecule has 1 fully saturated rings. The van der Waals surface area contributed by atoms with E-state index in [0.717, 1.165) is 6.42 Å². The molecule has 4 heteroatoms. The van der Waals surface area contributed by atoms with Crippen molar-refractivity contribution in [3.05, 3.63) is 0 Å². The van der Waals surface area contributed by atoms with Gasteiger partial charge in [0.15, 0.2) is 0 Å². The summed E-state index contributed by atoms with van der Waals surface area (Å²) in [7, 11) is 6.25. The first-order chi connectivity index (χ1) is 5.20. The molecule has 0 amide bonds. The van der Waals surface area contributed by atoms with Crippen molar-refractivity contribution in [2.75, 3.05) is 6.66 Å². The Bertz CT molecular complexity index is 134. The normalized spacial score (nSPS) is 45.7. The molecule has 1 aliphatic rings. The fourth-order valence-electron chi connectivity index (χ4n) is 1.50. The Morgan fingerprint density at radius 2 is 2.27 bits per heavy atom. The number of ether oxygens (including phenoxy) is 1. The first-order valence-corrected chi connectivity index (χ1v) is 5.54. The Balaban J connectivity index is 2.57. The van der Waals surface area contributed by atoms with Gasteiger partial charge in [-0.05, 0) is 13.1 Å². The predicted octanol–water partition coefficient (Wildman–Crippen LogP) is 0.328. The van der Waals surface area contributed by atoms with E-state index in [4.69, 9.17) is 12.6 Å². The molecule has 11 heavy (non-hydrogen) atoms. The van der Waals surface area contributed by atoms with Gasteiger partial charge in [-0.2, -0.15) is 0 Å². The topological polar surface area (TPSA) is 29.5 Å². The summed E-state index contributed by atoms with van der Waals surface area (Å²) in [6.07, 6.45) is 0.655. The zero-order valence-electron chi connectivity index (χ0n) is 6.95. The van der Waals surface area contributed by atoms with Gasteiger partial charge in [0.05, 0.1) is 12.2 Å². The Morgan fingerprint density at radius 1 is 1.64 bits per heavy atom. The van der Waals surface area contributed by atoms with E-state index in [9.17, 15) is 5.11 Å². The summed E-state index contributed by atoms with van der Waals surface area (Å²) < 4.78 is 5.36. The molecule has 2 radical (unpaired) electrons. The molecule has 0 aliphatic carbocycles. The van der Waals surface area contributed by atoms with Gasteiger partial charge in [-0.1, -0.05) is 6.92 Å². The second-order valence-corrected chi connectivity index (χ2v) is 4.10. The van der Waals surface area contributed by atoms with Gasteiger partial charge in [-0.15, -0.1) is 8.58 Å². The minimum Gasteiger partial charge on any atom is -0.391 e. The molecule has 0 saturated carbocycles. The van der Waals surface area contributed by atoms with E-state index in [1.807, 2.05) is 0 Å². The zero-order chi connectivity index (χ0) is 8.43. The van der Waals surface area contributed by atoms with Crippen LogP contribution in [0.1, 0.15) is 13.3 Å². The first kappa shape index (κ1) is 9.50. The number of aliphatic hydroxyl groups excluding tert-OH is 1. The van der Waals surface area contributed by atoms with Crippen molar-refractivity contribution < 1.29 is 9.84 Å². The van der Waals surface area contributed by atoms with E-state index < -0.39 is 12.1 Å². The van der Waals surface area contributed by atoms with Crippen LogP contribution in [-0.2, 0) is 4.74 Å². The van der Waals surface area contributed by atoms with Gasteiger partial charge < -0.3 is 9.84 Å². The molecule has 0 aromatic carbocycles. The monoisotopic (exact) mass is 172 g/mol. The van der Waals surface area contributed by atoms with Crippen molar-refractivity contribution in [3.8, 4) is 0 Å². The molecule has 0 spiro atoms. The van der Waals surface area contributed by atoms with Gasteiger partial charge in [0.1, 0.15) is 7.85 Å². The highest BCUT2D eigenvalue weighted by Crippen LogP contribution is 2.33. The van der Waals surface area contributed by atoms with Crippen LogP contribution in [0.25, 0.3) is 0 Å². The summed E-state index contributed by atoms with van der Waals surface area (Å²) in [5, 5.41) is 9.52. The summed E-state index contributed by atoms with van der Waals surface area (Å²) in [4.78, 5) is 0. The van der Waals surface area contributed by atoms with E-state index in [1.54, 1.807) is 0 Å². The first-order valence-electron chi connectivity index (χ1n) is 3.97. The average Bonchev–Trinajstić information content (AvgIpc) is 2.28. The largest absolute Gasteiger partial charge is 0.391 e. The van der Waals surface area contributed by atoms with Crippen molar-refractivity contribution in [1.29, 1.82) is 0 Å². The summed E-state index contributed by atoms with van der Waals surface area (Å²) >= 11 is 0. The molecule has 1 rings (SSSR count). The van der Waals surface area contributed by atoms with Crippen molar-refractivity contribution in [2.45, 2.75) is 37.2 Å². The SMILES string of the molecule is [B]C1OC(CC)C(PC)C1O. The second kappa shape index (κ2) is 3.89. The second-order valence-electron chi connectivity index (χ2n) is 2.85. The molecule has 0 aromatic rings. The smallest absolute Gasteiger partial charge is 0.112 e. The van der Waals surface area contributed by atoms with Gasteiger partial charge in [-0.3, -0.25) is 0 Å². The van der Waals surface area contributed by atoms with E-state index in [2.05, 4.69) is 13.6 Å². The van der Waals surface area contributed by atoms with Crippen molar-refractivity contribution in [2.24, 2.45) is 0 Å². The van der Waals surface area contributed by atoms with Crippen LogP contribution in [0.2, 0.25) is 0 Å². The van der Waals surface area contributed by atoms with E-state index in [0.29, 0.717) is 8.58 Å². The Labute approximate surface area is 70.9 Å². The lowest BCUT2D eigenvalue weighted by Gasteiger charge is -2.16. The summed E-state index contributed by atoms with van der Waals surface area (Å²) in [5.74, 6) is 0. The minimum absolute atomic E-state index is 0.170. The fourth-order valence-corrected chi connectivity index (χ4v) is 2.72. The highest BCUT2D eigenvalue weighted by Gasteiger charge is 2.38. The zero-order valence-corrected chi connectivity index (χ0v) is 7.95. The van der Waals surface area contributed by atoms with Crippen molar-refractivity contribution in [3.63, 3.8) is 0 Å². The molecule has 1 heterocycles. The van der Waals surface area contributed by atoms with E-state index in [-0.39, 0.29) is 11.8 Å². The molecule has 1 saturated heterocycles. The molecular weight excluding hydrogens is 158 g/mol. The Morgan fingerprint density at radius 3 is 2.64 bits per heavy atom. The van der Waals surface area contributed by atoms with Gasteiger partial charge >= 0.3 is 0 Å². The van der Waals surface area contributed by atoms with Crippen LogP contribution >= 0.6 is 8.58 Å². The molecule has 0 bridgehead atoms. The number of aliphatic hydroxyl groups is 1. The predicted molar refractivity (Wildman–Crippen MR) is 48.7 cm³/mol. The standard InChI is InChI=1S/C7H14BO2P/c1-3-4-6(11-2)5(9)7(8)10-4/h4-7,9,11H,3H2,1-2H3. The molecule has 2 nitrogen and oxygen atoms in total. The van der Waals surface area contributed by atoms with Crippen LogP contribution in [-0.4, -0.2) is 43.5 Å². The maximum Gasteiger partial charge on any atom is 0.112 e. The van der Waals surface area contributed by atoms with Gasteiger partial charge in [0.2, 0.25) is 0 Å². The highest BCUT2D eigenvalue weighted by atomic mass is 31.1. The molecule has 1 aliphatic heterocycles. The fraction of sp³-hybridized carbons (Fsp3) is 1.00. The van der Waals surface area contributed by atoms with Crippen LogP contribution in [0.5, 0.6) is 0 Å². The summed E-state index contributed by atoms with van der Waals surface area (Å²) in [6.45, 7) is 4.14. The van der Waals surface area contributed by atoms with Crippen molar-refractivity contribution >= 4 is 16.4 Å². The number of hydrogen-bond acceptors (Lipinski definition) is 2. The quantitative estimate of drug-likeness (QED) is 0.480. The summed E-state index contributed by atoms with van der Waals surface area (Å²) in [5.41, 5.74) is 0.259. The molecule has 0 aromatic heterocycles. The maximum atomic E-state index is 9.52. The average molecular weight is 172 g/mol. The van der Waals surface area contributed by atoms with Crippen LogP contribution in [0.15, 0.2) is 0 Å². The Hall–Kier alpha value is 0.415. The van der Waals surface area contributed by atoms with Gasteiger partial charge in [-0.25, -0.2) is 0 Å². The number of rotatable bonds is 2. The van der Waals surface area contributed by atoms with Gasteiger partial charge in [0, 0.05) is 11.7 Å². The molecule has 1 N–H and O–H groups in total. The Kier molecular flexibility index (Phi) is 3.36. The molecule has 5 unspecified atom stereocenters. The van der Waals surface area contributed by atoms with Crippen LogP contribution < -0.4 is 0 Å². The van der Waals surface area contributed by atoms with E-state index in [1.165, 1.54) is 0 Å². The van der Waals surface area contributed by atoms with Crippen LogP contribution in [0.3, 0.4) is 0 Å². The van der Waals surface area contributed by atoms with Gasteiger partial charge in [0.25, 0.3) is 0 Å². The van der Waals surface area contributed by atoms with E-state index >= 15 is 0 Å². The lowest BCUT2D eigenvalue weighted by molar-refractivity contribution is 0.0589. The third-order valence-electron chi connectivity index (χ3n) is 2.17. The summed E-state index contributed by atoms with van der Waals surface area (Å²) in [6, 6.07) is -0.461. The highest BCUT2D eigenvalue weighted by molar-refractivity contribution is 7.38. The molecular formula is C7H14BO2P. The lowest BCUT2D eigenvalue weighted by atomic mass is 9.94. The third kappa shape index (κ3) is 1.77. The molecule has 5 atom stereocenters. The lowest BCUT2D eigenvalue weighted by Crippen LogP contribution is -2.28. The molecule has 62 valence electrons. The number of hydrogen-bond donors (Lipinski definition) is 1.